The smallest absolute Gasteiger partial charge is 0.344 e. The second-order valence-electron chi connectivity index (χ2n) is 20.4. The summed E-state index contributed by atoms with van der Waals surface area (Å²) < 4.78 is 24.4. The van der Waals surface area contributed by atoms with Crippen molar-refractivity contribution in [2.75, 3.05) is 61.1 Å². The first-order valence-electron chi connectivity index (χ1n) is 23.7. The number of rotatable bonds is 8. The van der Waals surface area contributed by atoms with Crippen molar-refractivity contribution < 1.29 is 48.7 Å². The minimum atomic E-state index is -2.31. The predicted molar refractivity (Wildman–Crippen MR) is 248 cm³/mol. The number of hydrogen-bond donors (Lipinski definition) is 3. The Kier molecular flexibility index (Phi) is 10.9. The molecule has 1 saturated carbocycles. The lowest BCUT2D eigenvalue weighted by atomic mass is 9.46. The van der Waals surface area contributed by atoms with E-state index in [4.69, 9.17) is 18.9 Å². The van der Waals surface area contributed by atoms with E-state index in [1.807, 2.05) is 37.9 Å². The van der Waals surface area contributed by atoms with Gasteiger partial charge in [-0.05, 0) is 103 Å². The highest BCUT2D eigenvalue weighted by Gasteiger charge is 2.81. The molecule has 2 aromatic carbocycles. The van der Waals surface area contributed by atoms with E-state index < -0.39 is 69.5 Å². The van der Waals surface area contributed by atoms with Crippen LogP contribution in [0.15, 0.2) is 83.5 Å². The predicted octanol–water partition coefficient (Wildman–Crippen LogP) is 4.18. The number of piperidine rings is 1. The normalized spacial score (nSPS) is 38.5. The van der Waals surface area contributed by atoms with E-state index in [2.05, 4.69) is 59.6 Å². The lowest BCUT2D eigenvalue weighted by Gasteiger charge is -2.63. The molecular weight excluding hydrogens is 837 g/mol. The number of likely N-dealkylation sites (tertiary alicyclic amines) is 1. The molecule has 2 aromatic rings. The lowest BCUT2D eigenvalue weighted by Crippen LogP contribution is -2.79. The molecule has 10 rings (SSSR count). The van der Waals surface area contributed by atoms with Gasteiger partial charge in [-0.1, -0.05) is 67.3 Å². The third kappa shape index (κ3) is 6.13. The topological polar surface area (TPSA) is 159 Å². The molecule has 349 valence electrons. The van der Waals surface area contributed by atoms with E-state index in [9.17, 15) is 24.9 Å². The number of hydrogen-bond acceptors (Lipinski definition) is 13. The Morgan fingerprint density at radius 2 is 1.70 bits per heavy atom. The highest BCUT2D eigenvalue weighted by Crippen LogP contribution is 2.70. The van der Waals surface area contributed by atoms with Crippen molar-refractivity contribution in [1.82, 2.24) is 14.7 Å². The lowest BCUT2D eigenvalue weighted by molar-refractivity contribution is -0.243. The van der Waals surface area contributed by atoms with Gasteiger partial charge in [-0.25, -0.2) is 4.79 Å². The standard InChI is InChI=1S/C52H63BN3O10/c1-8-48(61)26-31-27-51(46(59)64-6,42-35(16-20-55(28-31)29-48)36-23-33(14-15-39(36)53-42)32-12-10-13-34(58)22-32)38-24-37-40(25-41(38)63-5)54(4)44-50(37)18-21-56-19-11-17-49(9-2,43(50)56)45(66-30(3)57)52(44,62)47(60)65-7/h10-15,17,22-25,31,38,41,43-45,58,61-62H,8-9,16,18-21,26-29H2,1-7H3/t31-,38?,41?,43+,44-,45-,48+,49-,50-,51+,52+/m1/s1. The Bertz CT molecular complexity index is 2500. The summed E-state index contributed by atoms with van der Waals surface area (Å²) >= 11 is 0. The zero-order valence-corrected chi connectivity index (χ0v) is 39.2. The molecule has 6 aliphatic heterocycles. The van der Waals surface area contributed by atoms with Crippen molar-refractivity contribution in [3.8, 4) is 16.9 Å². The summed E-state index contributed by atoms with van der Waals surface area (Å²) in [7, 11) is 8.42. The average molecular weight is 901 g/mol. The first-order valence-corrected chi connectivity index (χ1v) is 23.7. The van der Waals surface area contributed by atoms with Crippen molar-refractivity contribution in [2.24, 2.45) is 28.1 Å². The van der Waals surface area contributed by atoms with Gasteiger partial charge in [-0.3, -0.25) is 19.4 Å². The van der Waals surface area contributed by atoms with Gasteiger partial charge >= 0.3 is 17.9 Å². The maximum Gasteiger partial charge on any atom is 0.344 e. The summed E-state index contributed by atoms with van der Waals surface area (Å²) in [6, 6.07) is 12.3. The number of likely N-dealkylation sites (N-methyl/N-ethyl adjacent to an activating group) is 1. The summed E-state index contributed by atoms with van der Waals surface area (Å²) in [4.78, 5) is 50.1. The number of nitrogens with zero attached hydrogens (tertiary/aromatic N) is 3. The van der Waals surface area contributed by atoms with Crippen LogP contribution in [0.4, 0.5) is 0 Å². The number of benzene rings is 2. The highest BCUT2D eigenvalue weighted by molar-refractivity contribution is 6.67. The molecule has 66 heavy (non-hydrogen) atoms. The van der Waals surface area contributed by atoms with E-state index in [0.717, 1.165) is 44.5 Å². The number of ether oxygens (including phenoxy) is 4. The molecule has 2 bridgehead atoms. The summed E-state index contributed by atoms with van der Waals surface area (Å²) in [5.74, 6) is -2.46. The molecule has 14 heteroatoms. The van der Waals surface area contributed by atoms with Crippen LogP contribution in [0.1, 0.15) is 64.9 Å². The van der Waals surface area contributed by atoms with Crippen molar-refractivity contribution >= 4 is 36.2 Å². The minimum absolute atomic E-state index is 0.102. The van der Waals surface area contributed by atoms with E-state index >= 15 is 4.79 Å². The number of aromatic hydroxyl groups is 1. The van der Waals surface area contributed by atoms with Crippen molar-refractivity contribution in [3.05, 3.63) is 89.1 Å². The van der Waals surface area contributed by atoms with Crippen LogP contribution in [0.3, 0.4) is 0 Å². The number of carbonyl (C=O) groups is 3. The Morgan fingerprint density at radius 3 is 2.39 bits per heavy atom. The van der Waals surface area contributed by atoms with Gasteiger partial charge in [0.2, 0.25) is 5.60 Å². The number of esters is 3. The fraction of sp³-hybridized carbons (Fsp3) is 0.558. The van der Waals surface area contributed by atoms with Gasteiger partial charge in [0.05, 0.1) is 37.4 Å². The second kappa shape index (κ2) is 15.9. The number of methoxy groups -OCH3 is 3. The minimum Gasteiger partial charge on any atom is -0.508 e. The first kappa shape index (κ1) is 45.1. The number of phenols is 1. The fourth-order valence-electron chi connectivity index (χ4n) is 15.0. The molecule has 4 fully saturated rings. The van der Waals surface area contributed by atoms with Crippen LogP contribution in [-0.4, -0.2) is 152 Å². The maximum atomic E-state index is 15.7. The highest BCUT2D eigenvalue weighted by atomic mass is 16.6. The van der Waals surface area contributed by atoms with Crippen molar-refractivity contribution in [1.29, 1.82) is 0 Å². The molecule has 8 aliphatic rings. The molecule has 6 heterocycles. The van der Waals surface area contributed by atoms with Crippen LogP contribution >= 0.6 is 0 Å². The van der Waals surface area contributed by atoms with Gasteiger partial charge in [-0.15, -0.1) is 0 Å². The van der Waals surface area contributed by atoms with Gasteiger partial charge in [-0.2, -0.15) is 0 Å². The molecule has 12 atom stereocenters. The van der Waals surface area contributed by atoms with Crippen LogP contribution < -0.4 is 5.46 Å². The van der Waals surface area contributed by atoms with Gasteiger partial charge in [0.15, 0.2) is 13.4 Å². The SMILES string of the molecule is CC[C@]1(O)C[C@H]2CN(CCC3=C([B]c4ccc(-c5cccc(O)c5)cc43)[C@@](C(=O)OC)(C3C=C4C(=CC3OC)N(C)[C@H]3[C@@](O)(C(=O)OC)[C@H](OC(C)=O)[C@]5(CC)C=CCN6CC[C@]43[C@@H]65)C2)C1. The Balaban J connectivity index is 1.23. The Labute approximate surface area is 388 Å². The van der Waals surface area contributed by atoms with Crippen LogP contribution in [0.2, 0.25) is 0 Å². The molecule has 13 nitrogen and oxygen atoms in total. The van der Waals surface area contributed by atoms with Gasteiger partial charge in [0.25, 0.3) is 0 Å². The Morgan fingerprint density at radius 1 is 0.924 bits per heavy atom. The summed E-state index contributed by atoms with van der Waals surface area (Å²) in [6.45, 7) is 8.56. The molecule has 0 aromatic heterocycles. The molecule has 0 amide bonds. The fourth-order valence-corrected chi connectivity index (χ4v) is 15.0. The second-order valence-corrected chi connectivity index (χ2v) is 20.4. The average Bonchev–Trinajstić information content (AvgIpc) is 3.97. The van der Waals surface area contributed by atoms with Crippen LogP contribution in [0.25, 0.3) is 16.7 Å². The zero-order valence-electron chi connectivity index (χ0n) is 39.2. The third-order valence-electron chi connectivity index (χ3n) is 17.4. The largest absolute Gasteiger partial charge is 0.508 e. The molecule has 1 radical (unpaired) electrons. The van der Waals surface area contributed by atoms with Gasteiger partial charge in [0, 0.05) is 75.7 Å². The van der Waals surface area contributed by atoms with E-state index in [1.54, 1.807) is 19.2 Å². The molecular formula is C52H63BN3O10. The number of fused-ring (bicyclic) bond motifs is 5. The molecule has 3 unspecified atom stereocenters. The number of aliphatic hydroxyl groups is 2. The van der Waals surface area contributed by atoms with E-state index in [0.29, 0.717) is 71.2 Å². The van der Waals surface area contributed by atoms with Crippen molar-refractivity contribution in [3.63, 3.8) is 0 Å². The molecule has 1 spiro atoms. The summed E-state index contributed by atoms with van der Waals surface area (Å²) in [6.07, 6.45) is 9.54. The maximum absolute atomic E-state index is 15.7. The summed E-state index contributed by atoms with van der Waals surface area (Å²) in [5, 5.41) is 36.1. The molecule has 3 N–H and O–H groups in total. The van der Waals surface area contributed by atoms with Gasteiger partial charge in [0.1, 0.15) is 5.75 Å². The van der Waals surface area contributed by atoms with Crippen LogP contribution in [0.5, 0.6) is 5.75 Å². The number of phenolic OH excluding ortho intramolecular Hbond substituents is 1. The summed E-state index contributed by atoms with van der Waals surface area (Å²) in [5.41, 5.74) is 0.888. The quantitative estimate of drug-likeness (QED) is 0.150. The monoisotopic (exact) mass is 900 g/mol. The Hall–Kier alpha value is -4.73. The third-order valence-corrected chi connectivity index (χ3v) is 17.4. The molecule has 3 saturated heterocycles. The number of allylic oxidation sites excluding steroid dienone is 1. The van der Waals surface area contributed by atoms with E-state index in [-0.39, 0.29) is 17.7 Å². The molecule has 2 aliphatic carbocycles. The van der Waals surface area contributed by atoms with Gasteiger partial charge < -0.3 is 39.2 Å². The zero-order chi connectivity index (χ0) is 46.7. The van der Waals surface area contributed by atoms with E-state index in [1.165, 1.54) is 21.1 Å². The van der Waals surface area contributed by atoms with Crippen LogP contribution in [0, 0.1) is 28.1 Å². The van der Waals surface area contributed by atoms with Crippen molar-refractivity contribution in [2.45, 2.75) is 94.8 Å². The van der Waals surface area contributed by atoms with Crippen LogP contribution in [-0.2, 0) is 33.3 Å². The first-order chi connectivity index (χ1) is 31.6. The number of carbonyl (C=O) groups excluding carboxylic acids is 3.